The minimum atomic E-state index is 0.354. The molecule has 0 aromatic carbocycles. The number of hydrogen-bond donors (Lipinski definition) is 1. The van der Waals surface area contributed by atoms with Crippen molar-refractivity contribution in [3.05, 3.63) is 24.3 Å². The zero-order chi connectivity index (χ0) is 11.2. The smallest absolute Gasteiger partial charge is 0.0431 e. The number of allylic oxidation sites excluding steroid dienone is 4. The molecule has 0 heterocycles. The quantitative estimate of drug-likeness (QED) is 0.422. The van der Waals surface area contributed by atoms with E-state index in [1.54, 1.807) is 0 Å². The summed E-state index contributed by atoms with van der Waals surface area (Å²) in [6.45, 7) is 2.50. The molecule has 0 spiro atoms. The summed E-state index contributed by atoms with van der Waals surface area (Å²) in [4.78, 5) is 0. The fourth-order valence-electron chi connectivity index (χ4n) is 1.47. The first-order valence-electron chi connectivity index (χ1n) is 6.34. The van der Waals surface area contributed by atoms with Crippen molar-refractivity contribution < 1.29 is 5.11 Å². The summed E-state index contributed by atoms with van der Waals surface area (Å²) < 4.78 is 0. The van der Waals surface area contributed by atoms with Gasteiger partial charge in [0.15, 0.2) is 0 Å². The van der Waals surface area contributed by atoms with Gasteiger partial charge in [-0.2, -0.15) is 0 Å². The molecule has 0 atom stereocenters. The van der Waals surface area contributed by atoms with E-state index in [0.717, 1.165) is 12.8 Å². The lowest BCUT2D eigenvalue weighted by Gasteiger charge is -1.98. The van der Waals surface area contributed by atoms with Crippen LogP contribution in [-0.4, -0.2) is 11.7 Å². The number of rotatable bonds is 10. The Labute approximate surface area is 94.9 Å². The molecule has 0 saturated heterocycles. The van der Waals surface area contributed by atoms with Crippen molar-refractivity contribution >= 4 is 0 Å². The van der Waals surface area contributed by atoms with Crippen LogP contribution >= 0.6 is 0 Å². The van der Waals surface area contributed by atoms with Crippen molar-refractivity contribution in [1.29, 1.82) is 0 Å². The Morgan fingerprint density at radius 3 is 2.07 bits per heavy atom. The van der Waals surface area contributed by atoms with Gasteiger partial charge in [0.1, 0.15) is 0 Å². The molecule has 0 amide bonds. The maximum atomic E-state index is 8.59. The van der Waals surface area contributed by atoms with Gasteiger partial charge in [0.05, 0.1) is 0 Å². The molecule has 0 fully saturated rings. The largest absolute Gasteiger partial charge is 0.396 e. The summed E-state index contributed by atoms with van der Waals surface area (Å²) in [5.74, 6) is 0. The minimum absolute atomic E-state index is 0.354. The second-order valence-corrected chi connectivity index (χ2v) is 3.90. The maximum absolute atomic E-state index is 8.59. The molecule has 88 valence electrons. The van der Waals surface area contributed by atoms with E-state index in [2.05, 4.69) is 31.2 Å². The highest BCUT2D eigenvalue weighted by Gasteiger charge is 1.89. The Bertz CT molecular complexity index is 159. The molecule has 0 saturated carbocycles. The zero-order valence-electron chi connectivity index (χ0n) is 10.1. The first-order valence-corrected chi connectivity index (χ1v) is 6.34. The summed E-state index contributed by atoms with van der Waals surface area (Å²) >= 11 is 0. The van der Waals surface area contributed by atoms with E-state index in [1.165, 1.54) is 38.5 Å². The highest BCUT2D eigenvalue weighted by Crippen LogP contribution is 2.07. The van der Waals surface area contributed by atoms with Crippen LogP contribution in [0.1, 0.15) is 58.3 Å². The lowest BCUT2D eigenvalue weighted by Crippen LogP contribution is -1.83. The average molecular weight is 210 g/mol. The third-order valence-corrected chi connectivity index (χ3v) is 2.40. The van der Waals surface area contributed by atoms with Gasteiger partial charge in [-0.15, -0.1) is 0 Å². The molecular weight excluding hydrogens is 184 g/mol. The van der Waals surface area contributed by atoms with Gasteiger partial charge in [-0.1, -0.05) is 56.9 Å². The molecule has 15 heavy (non-hydrogen) atoms. The van der Waals surface area contributed by atoms with Gasteiger partial charge in [0.25, 0.3) is 0 Å². The fraction of sp³-hybridized carbons (Fsp3) is 0.714. The summed E-state index contributed by atoms with van der Waals surface area (Å²) in [5, 5.41) is 8.59. The van der Waals surface area contributed by atoms with E-state index >= 15 is 0 Å². The average Bonchev–Trinajstić information content (AvgIpc) is 2.26. The van der Waals surface area contributed by atoms with Gasteiger partial charge in [0.2, 0.25) is 0 Å². The van der Waals surface area contributed by atoms with Crippen molar-refractivity contribution in [2.75, 3.05) is 6.61 Å². The standard InChI is InChI=1S/C14H26O/c1-2-3-4-5-6-7-8-9-10-11-12-13-14-15/h3-6,15H,2,7-14H2,1H3/b4-3-,6-5-. The highest BCUT2D eigenvalue weighted by atomic mass is 16.2. The van der Waals surface area contributed by atoms with Crippen LogP contribution in [0, 0.1) is 0 Å². The molecule has 0 bridgehead atoms. The Morgan fingerprint density at radius 1 is 0.800 bits per heavy atom. The summed E-state index contributed by atoms with van der Waals surface area (Å²) in [6.07, 6.45) is 18.4. The normalized spacial score (nSPS) is 11.9. The van der Waals surface area contributed by atoms with Crippen LogP contribution in [0.25, 0.3) is 0 Å². The minimum Gasteiger partial charge on any atom is -0.396 e. The molecule has 0 aliphatic carbocycles. The molecule has 0 aliphatic rings. The predicted molar refractivity (Wildman–Crippen MR) is 68.0 cm³/mol. The third-order valence-electron chi connectivity index (χ3n) is 2.40. The molecular formula is C14H26O. The SMILES string of the molecule is CC/C=C\C=C/CCCCCCCCO. The first kappa shape index (κ1) is 14.4. The van der Waals surface area contributed by atoms with Crippen LogP contribution < -0.4 is 0 Å². The van der Waals surface area contributed by atoms with Gasteiger partial charge >= 0.3 is 0 Å². The van der Waals surface area contributed by atoms with Crippen LogP contribution in [0.15, 0.2) is 24.3 Å². The molecule has 0 unspecified atom stereocenters. The van der Waals surface area contributed by atoms with E-state index in [1.807, 2.05) is 0 Å². The highest BCUT2D eigenvalue weighted by molar-refractivity contribution is 5.01. The Balaban J connectivity index is 3.04. The predicted octanol–water partition coefficient (Wildman–Crippen LogP) is 4.23. The molecule has 1 nitrogen and oxygen atoms in total. The Hall–Kier alpha value is -0.560. The molecule has 0 aromatic heterocycles. The number of unbranched alkanes of at least 4 members (excludes halogenated alkanes) is 6. The van der Waals surface area contributed by atoms with Crippen molar-refractivity contribution in [2.45, 2.75) is 58.3 Å². The van der Waals surface area contributed by atoms with Gasteiger partial charge in [-0.05, 0) is 25.7 Å². The molecule has 0 rings (SSSR count). The van der Waals surface area contributed by atoms with Crippen LogP contribution in [0.3, 0.4) is 0 Å². The van der Waals surface area contributed by atoms with Crippen LogP contribution in [-0.2, 0) is 0 Å². The lowest BCUT2D eigenvalue weighted by atomic mass is 10.1. The topological polar surface area (TPSA) is 20.2 Å². The van der Waals surface area contributed by atoms with Crippen molar-refractivity contribution in [1.82, 2.24) is 0 Å². The molecule has 1 heteroatoms. The van der Waals surface area contributed by atoms with Gasteiger partial charge in [-0.25, -0.2) is 0 Å². The van der Waals surface area contributed by atoms with Crippen LogP contribution in [0.5, 0.6) is 0 Å². The summed E-state index contributed by atoms with van der Waals surface area (Å²) in [5.41, 5.74) is 0. The van der Waals surface area contributed by atoms with Gasteiger partial charge in [-0.3, -0.25) is 0 Å². The van der Waals surface area contributed by atoms with Crippen molar-refractivity contribution in [3.63, 3.8) is 0 Å². The third kappa shape index (κ3) is 13.4. The molecule has 0 aromatic rings. The summed E-state index contributed by atoms with van der Waals surface area (Å²) in [6, 6.07) is 0. The Morgan fingerprint density at radius 2 is 1.40 bits per heavy atom. The van der Waals surface area contributed by atoms with E-state index in [4.69, 9.17) is 5.11 Å². The molecule has 0 aliphatic heterocycles. The Kier molecular flexibility index (Phi) is 12.9. The maximum Gasteiger partial charge on any atom is 0.0431 e. The lowest BCUT2D eigenvalue weighted by molar-refractivity contribution is 0.282. The van der Waals surface area contributed by atoms with Crippen molar-refractivity contribution in [3.8, 4) is 0 Å². The monoisotopic (exact) mass is 210 g/mol. The van der Waals surface area contributed by atoms with Crippen LogP contribution in [0.2, 0.25) is 0 Å². The van der Waals surface area contributed by atoms with E-state index in [0.29, 0.717) is 6.61 Å². The summed E-state index contributed by atoms with van der Waals surface area (Å²) in [7, 11) is 0. The van der Waals surface area contributed by atoms with Gasteiger partial charge in [0, 0.05) is 6.61 Å². The van der Waals surface area contributed by atoms with Crippen LogP contribution in [0.4, 0.5) is 0 Å². The zero-order valence-corrected chi connectivity index (χ0v) is 10.1. The fourth-order valence-corrected chi connectivity index (χ4v) is 1.47. The van der Waals surface area contributed by atoms with E-state index in [9.17, 15) is 0 Å². The van der Waals surface area contributed by atoms with E-state index in [-0.39, 0.29) is 0 Å². The number of hydrogen-bond acceptors (Lipinski definition) is 1. The molecule has 1 N–H and O–H groups in total. The first-order chi connectivity index (χ1) is 7.41. The number of aliphatic hydroxyl groups excluding tert-OH is 1. The molecule has 0 radical (unpaired) electrons. The second kappa shape index (κ2) is 13.4. The number of aliphatic hydroxyl groups is 1. The van der Waals surface area contributed by atoms with E-state index < -0.39 is 0 Å². The van der Waals surface area contributed by atoms with Gasteiger partial charge < -0.3 is 5.11 Å². The second-order valence-electron chi connectivity index (χ2n) is 3.90. The van der Waals surface area contributed by atoms with Crippen molar-refractivity contribution in [2.24, 2.45) is 0 Å².